The van der Waals surface area contributed by atoms with Crippen LogP contribution in [0.1, 0.15) is 34.8 Å². The molecule has 0 radical (unpaired) electrons. The second kappa shape index (κ2) is 8.37. The van der Waals surface area contributed by atoms with Crippen LogP contribution in [0.15, 0.2) is 63.8 Å². The second-order valence-electron chi connectivity index (χ2n) is 8.01. The van der Waals surface area contributed by atoms with E-state index in [9.17, 15) is 9.59 Å². The minimum Gasteiger partial charge on any atom is -0.497 e. The third-order valence-corrected chi connectivity index (χ3v) is 5.87. The molecule has 0 saturated heterocycles. The zero-order valence-electron chi connectivity index (χ0n) is 17.8. The summed E-state index contributed by atoms with van der Waals surface area (Å²) in [4.78, 5) is 25.6. The summed E-state index contributed by atoms with van der Waals surface area (Å²) in [7, 11) is 1.62. The fraction of sp³-hybridized carbons (Fsp3) is 0.292. The lowest BCUT2D eigenvalue weighted by Crippen LogP contribution is -2.35. The van der Waals surface area contributed by atoms with Crippen molar-refractivity contribution in [3.8, 4) is 5.75 Å². The average Bonchev–Trinajstić information content (AvgIpc) is 3.30. The van der Waals surface area contributed by atoms with Crippen molar-refractivity contribution in [2.45, 2.75) is 38.4 Å². The summed E-state index contributed by atoms with van der Waals surface area (Å²) >= 11 is 0. The molecule has 5 rings (SSSR count). The molecule has 0 fully saturated rings. The molecule has 4 aromatic rings. The molecule has 2 aromatic carbocycles. The molecule has 1 N–H and O–H groups in total. The van der Waals surface area contributed by atoms with E-state index in [1.807, 2.05) is 48.5 Å². The highest BCUT2D eigenvalue weighted by Crippen LogP contribution is 2.20. The molecule has 1 amide bonds. The maximum absolute atomic E-state index is 12.9. The van der Waals surface area contributed by atoms with Gasteiger partial charge in [-0.3, -0.25) is 9.36 Å². The molecule has 1 aliphatic rings. The Balaban J connectivity index is 1.26. The highest BCUT2D eigenvalue weighted by atomic mass is 16.5. The van der Waals surface area contributed by atoms with Crippen molar-refractivity contribution >= 4 is 16.9 Å². The van der Waals surface area contributed by atoms with Crippen LogP contribution in [-0.4, -0.2) is 33.4 Å². The normalized spacial score (nSPS) is 15.8. The third-order valence-electron chi connectivity index (χ3n) is 5.87. The van der Waals surface area contributed by atoms with Crippen LogP contribution in [0.3, 0.4) is 0 Å². The predicted octanol–water partition coefficient (Wildman–Crippen LogP) is 2.98. The summed E-state index contributed by atoms with van der Waals surface area (Å²) in [6.45, 7) is 0.902. The number of aromatic nitrogens is 3. The predicted molar refractivity (Wildman–Crippen MR) is 119 cm³/mol. The Morgan fingerprint density at radius 2 is 2.06 bits per heavy atom. The van der Waals surface area contributed by atoms with Crippen LogP contribution in [0.4, 0.5) is 0 Å². The van der Waals surface area contributed by atoms with Gasteiger partial charge in [0.2, 0.25) is 0 Å². The monoisotopic (exact) mass is 432 g/mol. The summed E-state index contributed by atoms with van der Waals surface area (Å²) in [6.07, 6.45) is 1.98. The van der Waals surface area contributed by atoms with Gasteiger partial charge in [-0.05, 0) is 42.7 Å². The Labute approximate surface area is 184 Å². The lowest BCUT2D eigenvalue weighted by Gasteiger charge is -2.15. The number of carbonyl (C=O) groups excluding carboxylic acids is 1. The van der Waals surface area contributed by atoms with Crippen LogP contribution in [-0.2, 0) is 19.5 Å². The Bertz CT molecular complexity index is 1300. The highest BCUT2D eigenvalue weighted by Gasteiger charge is 2.23. The molecule has 0 bridgehead atoms. The Morgan fingerprint density at radius 3 is 2.91 bits per heavy atom. The van der Waals surface area contributed by atoms with Gasteiger partial charge >= 0.3 is 5.69 Å². The topological polar surface area (TPSA) is 91.3 Å². The number of para-hydroxylation sites is 1. The summed E-state index contributed by atoms with van der Waals surface area (Å²) in [5.41, 5.74) is 1.51. The fourth-order valence-electron chi connectivity index (χ4n) is 4.17. The van der Waals surface area contributed by atoms with Gasteiger partial charge in [-0.2, -0.15) is 5.10 Å². The summed E-state index contributed by atoms with van der Waals surface area (Å²) in [5.74, 6) is 1.56. The molecule has 1 atom stereocenters. The van der Waals surface area contributed by atoms with E-state index in [0.717, 1.165) is 22.5 Å². The third kappa shape index (κ3) is 3.91. The minimum absolute atomic E-state index is 0.0522. The van der Waals surface area contributed by atoms with Crippen LogP contribution < -0.4 is 15.7 Å². The Hall–Kier alpha value is -3.81. The number of fused-ring (bicyclic) bond motifs is 2. The molecule has 1 aliphatic heterocycles. The number of nitrogens with one attached hydrogen (secondary N) is 1. The lowest BCUT2D eigenvalue weighted by atomic mass is 10.1. The molecule has 0 spiro atoms. The maximum Gasteiger partial charge on any atom is 0.346 e. The van der Waals surface area contributed by atoms with Gasteiger partial charge in [-0.15, -0.1) is 0 Å². The summed E-state index contributed by atoms with van der Waals surface area (Å²) in [5, 5.41) is 8.51. The van der Waals surface area contributed by atoms with E-state index in [-0.39, 0.29) is 17.6 Å². The fourth-order valence-corrected chi connectivity index (χ4v) is 4.17. The SMILES string of the molecule is COc1cccc(Cn2nc3n(c2=O)CCC(NC(=O)c2cc4ccccc4o2)CC3)c1. The van der Waals surface area contributed by atoms with Gasteiger partial charge in [0.15, 0.2) is 5.76 Å². The van der Waals surface area contributed by atoms with Crippen molar-refractivity contribution in [3.63, 3.8) is 0 Å². The van der Waals surface area contributed by atoms with Crippen LogP contribution >= 0.6 is 0 Å². The number of rotatable bonds is 5. The van der Waals surface area contributed by atoms with Gasteiger partial charge in [0.25, 0.3) is 5.91 Å². The molecule has 8 heteroatoms. The number of hydrogen-bond acceptors (Lipinski definition) is 5. The number of furan rings is 1. The number of nitrogens with zero attached hydrogens (tertiary/aromatic N) is 3. The summed E-state index contributed by atoms with van der Waals surface area (Å²) in [6, 6.07) is 16.9. The van der Waals surface area contributed by atoms with Crippen LogP contribution in [0, 0.1) is 0 Å². The quantitative estimate of drug-likeness (QED) is 0.524. The molecular formula is C24H24N4O4. The van der Waals surface area contributed by atoms with Gasteiger partial charge in [0, 0.05) is 24.4 Å². The standard InChI is InChI=1S/C24H24N4O4/c1-31-19-7-4-5-16(13-19)15-28-24(30)27-12-11-18(9-10-22(27)26-28)25-23(29)21-14-17-6-2-3-8-20(17)32-21/h2-8,13-14,18H,9-12,15H2,1H3,(H,25,29). The number of aryl methyl sites for hydroxylation is 1. The molecule has 32 heavy (non-hydrogen) atoms. The van der Waals surface area contributed by atoms with E-state index >= 15 is 0 Å². The smallest absolute Gasteiger partial charge is 0.346 e. The number of hydrogen-bond donors (Lipinski definition) is 1. The first-order chi connectivity index (χ1) is 15.6. The Kier molecular flexibility index (Phi) is 5.26. The first-order valence-electron chi connectivity index (χ1n) is 10.7. The highest BCUT2D eigenvalue weighted by molar-refractivity contribution is 5.96. The number of ether oxygens (including phenoxy) is 1. The van der Waals surface area contributed by atoms with E-state index in [2.05, 4.69) is 10.4 Å². The lowest BCUT2D eigenvalue weighted by molar-refractivity contribution is 0.0907. The van der Waals surface area contributed by atoms with Crippen LogP contribution in [0.2, 0.25) is 0 Å². The van der Waals surface area contributed by atoms with Crippen molar-refractivity contribution in [1.29, 1.82) is 0 Å². The molecule has 0 saturated carbocycles. The van der Waals surface area contributed by atoms with E-state index in [4.69, 9.17) is 9.15 Å². The first kappa shape index (κ1) is 20.1. The van der Waals surface area contributed by atoms with E-state index in [1.54, 1.807) is 17.7 Å². The summed E-state index contributed by atoms with van der Waals surface area (Å²) < 4.78 is 14.1. The zero-order chi connectivity index (χ0) is 22.1. The van der Waals surface area contributed by atoms with E-state index in [0.29, 0.717) is 43.7 Å². The van der Waals surface area contributed by atoms with Crippen molar-refractivity contribution in [3.05, 3.63) is 82.2 Å². The van der Waals surface area contributed by atoms with E-state index in [1.165, 1.54) is 4.68 Å². The van der Waals surface area contributed by atoms with Gasteiger partial charge in [0.1, 0.15) is 17.2 Å². The van der Waals surface area contributed by atoms with Gasteiger partial charge in [-0.25, -0.2) is 9.48 Å². The molecule has 2 aromatic heterocycles. The largest absolute Gasteiger partial charge is 0.497 e. The minimum atomic E-state index is -0.235. The molecule has 0 aliphatic carbocycles. The van der Waals surface area contributed by atoms with Crippen molar-refractivity contribution in [2.75, 3.05) is 7.11 Å². The van der Waals surface area contributed by atoms with Crippen molar-refractivity contribution in [2.24, 2.45) is 0 Å². The van der Waals surface area contributed by atoms with Gasteiger partial charge in [-0.1, -0.05) is 30.3 Å². The first-order valence-corrected chi connectivity index (χ1v) is 10.7. The zero-order valence-corrected chi connectivity index (χ0v) is 17.8. The second-order valence-corrected chi connectivity index (χ2v) is 8.01. The number of carbonyl (C=O) groups is 1. The average molecular weight is 432 g/mol. The number of benzene rings is 2. The van der Waals surface area contributed by atoms with Gasteiger partial charge < -0.3 is 14.5 Å². The molecular weight excluding hydrogens is 408 g/mol. The van der Waals surface area contributed by atoms with Crippen LogP contribution in [0.5, 0.6) is 5.75 Å². The molecule has 3 heterocycles. The van der Waals surface area contributed by atoms with E-state index < -0.39 is 0 Å². The Morgan fingerprint density at radius 1 is 1.19 bits per heavy atom. The molecule has 164 valence electrons. The molecule has 8 nitrogen and oxygen atoms in total. The van der Waals surface area contributed by atoms with Crippen molar-refractivity contribution < 1.29 is 13.9 Å². The molecule has 1 unspecified atom stereocenters. The number of methoxy groups -OCH3 is 1. The number of amides is 1. The van der Waals surface area contributed by atoms with Gasteiger partial charge in [0.05, 0.1) is 13.7 Å². The van der Waals surface area contributed by atoms with Crippen LogP contribution in [0.25, 0.3) is 11.0 Å². The maximum atomic E-state index is 12.9. The van der Waals surface area contributed by atoms with Crippen molar-refractivity contribution in [1.82, 2.24) is 19.7 Å².